The lowest BCUT2D eigenvalue weighted by Gasteiger charge is -2.11. The molecule has 0 fully saturated rings. The molecule has 0 aliphatic heterocycles. The number of halogens is 3. The van der Waals surface area contributed by atoms with E-state index in [4.69, 9.17) is 5.26 Å². The zero-order valence-corrected chi connectivity index (χ0v) is 11.1. The number of hydrogen-bond acceptors (Lipinski definition) is 2. The van der Waals surface area contributed by atoms with Crippen molar-refractivity contribution in [2.24, 2.45) is 0 Å². The molecule has 2 amide bonds. The fraction of sp³-hybridized carbons (Fsp3) is 0.286. The van der Waals surface area contributed by atoms with Crippen molar-refractivity contribution in [2.75, 3.05) is 6.54 Å². The standard InChI is InChI=1S/C14H14F3N3O/c1-10(14(15,16)17)5-6-19-13(21)20-9-12-4-2-3-11(7-12)8-18/h2-4,7H,1,5-6,9H2,(H2,19,20,21). The van der Waals surface area contributed by atoms with E-state index in [0.717, 1.165) is 5.56 Å². The van der Waals surface area contributed by atoms with Crippen LogP contribution in [0.4, 0.5) is 18.0 Å². The van der Waals surface area contributed by atoms with Gasteiger partial charge in [-0.1, -0.05) is 18.7 Å². The second kappa shape index (κ2) is 7.33. The predicted molar refractivity (Wildman–Crippen MR) is 71.2 cm³/mol. The third-order valence-corrected chi connectivity index (χ3v) is 2.62. The molecule has 0 aliphatic carbocycles. The van der Waals surface area contributed by atoms with Gasteiger partial charge in [-0.3, -0.25) is 0 Å². The third-order valence-electron chi connectivity index (χ3n) is 2.62. The molecule has 2 N–H and O–H groups in total. The Kier molecular flexibility index (Phi) is 5.79. The van der Waals surface area contributed by atoms with Gasteiger partial charge in [-0.2, -0.15) is 18.4 Å². The lowest BCUT2D eigenvalue weighted by Crippen LogP contribution is -2.36. The zero-order valence-electron chi connectivity index (χ0n) is 11.1. The SMILES string of the molecule is C=C(CCNC(=O)NCc1cccc(C#N)c1)C(F)(F)F. The highest BCUT2D eigenvalue weighted by Crippen LogP contribution is 2.25. The van der Waals surface area contributed by atoms with Gasteiger partial charge in [0.1, 0.15) is 0 Å². The summed E-state index contributed by atoms with van der Waals surface area (Å²) in [6, 6.07) is 8.05. The van der Waals surface area contributed by atoms with Gasteiger partial charge in [-0.15, -0.1) is 0 Å². The van der Waals surface area contributed by atoms with Crippen LogP contribution < -0.4 is 10.6 Å². The third kappa shape index (κ3) is 5.99. The maximum Gasteiger partial charge on any atom is 0.412 e. The van der Waals surface area contributed by atoms with Crippen molar-refractivity contribution < 1.29 is 18.0 Å². The minimum atomic E-state index is -4.43. The lowest BCUT2D eigenvalue weighted by atomic mass is 10.1. The summed E-state index contributed by atoms with van der Waals surface area (Å²) < 4.78 is 36.5. The molecule has 0 radical (unpaired) electrons. The van der Waals surface area contributed by atoms with Gasteiger partial charge in [0, 0.05) is 18.7 Å². The van der Waals surface area contributed by atoms with Crippen molar-refractivity contribution in [3.63, 3.8) is 0 Å². The van der Waals surface area contributed by atoms with E-state index in [1.807, 2.05) is 6.07 Å². The number of benzene rings is 1. The van der Waals surface area contributed by atoms with Crippen LogP contribution >= 0.6 is 0 Å². The van der Waals surface area contributed by atoms with Crippen LogP contribution in [0.15, 0.2) is 36.4 Å². The monoisotopic (exact) mass is 297 g/mol. The average molecular weight is 297 g/mol. The molecule has 1 rings (SSSR count). The van der Waals surface area contributed by atoms with Gasteiger partial charge in [0.05, 0.1) is 11.6 Å². The second-order valence-corrected chi connectivity index (χ2v) is 4.27. The fourth-order valence-corrected chi connectivity index (χ4v) is 1.46. The van der Waals surface area contributed by atoms with Gasteiger partial charge < -0.3 is 10.6 Å². The Balaban J connectivity index is 2.32. The molecule has 0 saturated carbocycles. The average Bonchev–Trinajstić information content (AvgIpc) is 2.44. The fourth-order valence-electron chi connectivity index (χ4n) is 1.46. The van der Waals surface area contributed by atoms with E-state index in [1.165, 1.54) is 0 Å². The lowest BCUT2D eigenvalue weighted by molar-refractivity contribution is -0.0934. The Labute approximate surface area is 120 Å². The van der Waals surface area contributed by atoms with Gasteiger partial charge in [0.2, 0.25) is 0 Å². The Morgan fingerprint density at radius 2 is 2.05 bits per heavy atom. The summed E-state index contributed by atoms with van der Waals surface area (Å²) in [5.41, 5.74) is 0.310. The van der Waals surface area contributed by atoms with Crippen molar-refractivity contribution >= 4 is 6.03 Å². The first-order valence-electron chi connectivity index (χ1n) is 6.08. The van der Waals surface area contributed by atoms with Crippen LogP contribution in [0.5, 0.6) is 0 Å². The molecular formula is C14H14F3N3O. The normalized spacial score (nSPS) is 10.6. The Hall–Kier alpha value is -2.49. The zero-order chi connectivity index (χ0) is 15.9. The number of hydrogen-bond donors (Lipinski definition) is 2. The molecule has 1 aromatic rings. The molecule has 0 atom stereocenters. The highest BCUT2D eigenvalue weighted by Gasteiger charge is 2.30. The van der Waals surface area contributed by atoms with Crippen molar-refractivity contribution in [3.8, 4) is 6.07 Å². The molecule has 112 valence electrons. The van der Waals surface area contributed by atoms with Crippen LogP contribution in [-0.4, -0.2) is 18.8 Å². The number of carbonyl (C=O) groups is 1. The Morgan fingerprint density at radius 1 is 1.33 bits per heavy atom. The van der Waals surface area contributed by atoms with E-state index in [9.17, 15) is 18.0 Å². The van der Waals surface area contributed by atoms with Gasteiger partial charge in [-0.05, 0) is 24.1 Å². The largest absolute Gasteiger partial charge is 0.412 e. The number of amides is 2. The highest BCUT2D eigenvalue weighted by molar-refractivity contribution is 5.73. The van der Waals surface area contributed by atoms with E-state index >= 15 is 0 Å². The predicted octanol–water partition coefficient (Wildman–Crippen LogP) is 2.87. The van der Waals surface area contributed by atoms with E-state index in [2.05, 4.69) is 17.2 Å². The molecular weight excluding hydrogens is 283 g/mol. The van der Waals surface area contributed by atoms with E-state index in [0.29, 0.717) is 5.56 Å². The molecule has 0 spiro atoms. The first kappa shape index (κ1) is 16.6. The van der Waals surface area contributed by atoms with Gasteiger partial charge >= 0.3 is 12.2 Å². The Morgan fingerprint density at radius 3 is 2.67 bits per heavy atom. The minimum Gasteiger partial charge on any atom is -0.338 e. The van der Waals surface area contributed by atoms with Crippen molar-refractivity contribution in [1.82, 2.24) is 10.6 Å². The van der Waals surface area contributed by atoms with Crippen molar-refractivity contribution in [1.29, 1.82) is 5.26 Å². The number of nitrogens with zero attached hydrogens (tertiary/aromatic N) is 1. The summed E-state index contributed by atoms with van der Waals surface area (Å²) in [5.74, 6) is 0. The van der Waals surface area contributed by atoms with Crippen molar-refractivity contribution in [2.45, 2.75) is 19.1 Å². The number of urea groups is 1. The number of nitriles is 1. The topological polar surface area (TPSA) is 64.9 Å². The number of rotatable bonds is 5. The molecule has 0 heterocycles. The maximum absolute atomic E-state index is 12.2. The summed E-state index contributed by atoms with van der Waals surface area (Å²) in [5, 5.41) is 13.5. The smallest absolute Gasteiger partial charge is 0.338 e. The summed E-state index contributed by atoms with van der Waals surface area (Å²) in [4.78, 5) is 11.4. The summed E-state index contributed by atoms with van der Waals surface area (Å²) in [6.45, 7) is 2.94. The summed E-state index contributed by atoms with van der Waals surface area (Å²) >= 11 is 0. The summed E-state index contributed by atoms with van der Waals surface area (Å²) in [6.07, 6.45) is -4.79. The highest BCUT2D eigenvalue weighted by atomic mass is 19.4. The molecule has 0 unspecified atom stereocenters. The van der Waals surface area contributed by atoms with E-state index < -0.39 is 17.8 Å². The Bertz CT molecular complexity index is 561. The van der Waals surface area contributed by atoms with Crippen LogP contribution in [-0.2, 0) is 6.54 Å². The van der Waals surface area contributed by atoms with Crippen LogP contribution in [0.25, 0.3) is 0 Å². The van der Waals surface area contributed by atoms with Crippen molar-refractivity contribution in [3.05, 3.63) is 47.5 Å². The molecule has 0 saturated heterocycles. The first-order valence-corrected chi connectivity index (χ1v) is 6.08. The second-order valence-electron chi connectivity index (χ2n) is 4.27. The van der Waals surface area contributed by atoms with E-state index in [-0.39, 0.29) is 19.5 Å². The molecule has 0 aromatic heterocycles. The van der Waals surface area contributed by atoms with Crippen LogP contribution in [0.1, 0.15) is 17.5 Å². The summed E-state index contributed by atoms with van der Waals surface area (Å²) in [7, 11) is 0. The van der Waals surface area contributed by atoms with Gasteiger partial charge in [-0.25, -0.2) is 4.79 Å². The van der Waals surface area contributed by atoms with Crippen LogP contribution in [0.2, 0.25) is 0 Å². The van der Waals surface area contributed by atoms with Gasteiger partial charge in [0.15, 0.2) is 0 Å². The molecule has 4 nitrogen and oxygen atoms in total. The number of carbonyl (C=O) groups excluding carboxylic acids is 1. The molecule has 1 aromatic carbocycles. The van der Waals surface area contributed by atoms with Gasteiger partial charge in [0.25, 0.3) is 0 Å². The quantitative estimate of drug-likeness (QED) is 0.821. The molecule has 7 heteroatoms. The first-order chi connectivity index (χ1) is 9.82. The van der Waals surface area contributed by atoms with Crippen LogP contribution in [0.3, 0.4) is 0 Å². The number of alkyl halides is 3. The maximum atomic E-state index is 12.2. The van der Waals surface area contributed by atoms with Crippen LogP contribution in [0, 0.1) is 11.3 Å². The molecule has 0 bridgehead atoms. The van der Waals surface area contributed by atoms with E-state index in [1.54, 1.807) is 24.3 Å². The molecule has 21 heavy (non-hydrogen) atoms. The number of nitrogens with one attached hydrogen (secondary N) is 2. The minimum absolute atomic E-state index is 0.150. The molecule has 0 aliphatic rings.